The number of aryl methyl sites for hydroxylation is 3. The van der Waals surface area contributed by atoms with Crippen molar-refractivity contribution in [2.75, 3.05) is 6.54 Å². The second-order valence-corrected chi connectivity index (χ2v) is 6.38. The summed E-state index contributed by atoms with van der Waals surface area (Å²) < 4.78 is 3.62. The van der Waals surface area contributed by atoms with Crippen LogP contribution in [0.25, 0.3) is 11.3 Å². The van der Waals surface area contributed by atoms with E-state index in [0.717, 1.165) is 41.1 Å². The van der Waals surface area contributed by atoms with E-state index in [4.69, 9.17) is 0 Å². The van der Waals surface area contributed by atoms with Crippen molar-refractivity contribution in [1.29, 1.82) is 0 Å². The first kappa shape index (κ1) is 16.3. The van der Waals surface area contributed by atoms with E-state index in [0.29, 0.717) is 12.2 Å². The molecule has 4 aromatic heterocycles. The van der Waals surface area contributed by atoms with Crippen LogP contribution in [0.5, 0.6) is 0 Å². The highest BCUT2D eigenvalue weighted by atomic mass is 16.1. The van der Waals surface area contributed by atoms with Gasteiger partial charge >= 0.3 is 0 Å². The summed E-state index contributed by atoms with van der Waals surface area (Å²) in [6, 6.07) is 7.65. The number of pyridine rings is 1. The molecule has 4 rings (SSSR count). The summed E-state index contributed by atoms with van der Waals surface area (Å²) in [6.07, 6.45) is 7.37. The molecule has 0 saturated carbocycles. The predicted octanol–water partition coefficient (Wildman–Crippen LogP) is 2.36. The largest absolute Gasteiger partial charge is 0.351 e. The van der Waals surface area contributed by atoms with Gasteiger partial charge in [0.15, 0.2) is 5.65 Å². The molecule has 4 heterocycles. The van der Waals surface area contributed by atoms with Crippen LogP contribution in [0.4, 0.5) is 0 Å². The fourth-order valence-electron chi connectivity index (χ4n) is 3.13. The fraction of sp³-hybridized carbons (Fsp3) is 0.263. The minimum absolute atomic E-state index is 0.0996. The van der Waals surface area contributed by atoms with Crippen LogP contribution in [0, 0.1) is 13.8 Å². The number of amides is 1. The first-order valence-electron chi connectivity index (χ1n) is 8.64. The summed E-state index contributed by atoms with van der Waals surface area (Å²) in [4.78, 5) is 21.4. The summed E-state index contributed by atoms with van der Waals surface area (Å²) in [5.74, 6) is -0.0996. The monoisotopic (exact) mass is 348 g/mol. The van der Waals surface area contributed by atoms with Gasteiger partial charge < -0.3 is 5.32 Å². The molecule has 0 saturated heterocycles. The lowest BCUT2D eigenvalue weighted by Gasteiger charge is -2.06. The molecule has 7 heteroatoms. The van der Waals surface area contributed by atoms with Crippen molar-refractivity contribution in [2.24, 2.45) is 0 Å². The lowest BCUT2D eigenvalue weighted by Crippen LogP contribution is -2.26. The van der Waals surface area contributed by atoms with Gasteiger partial charge in [0.2, 0.25) is 0 Å². The van der Waals surface area contributed by atoms with E-state index in [1.165, 1.54) is 0 Å². The van der Waals surface area contributed by atoms with Crippen molar-refractivity contribution in [3.05, 3.63) is 65.5 Å². The zero-order valence-electron chi connectivity index (χ0n) is 14.8. The van der Waals surface area contributed by atoms with Gasteiger partial charge in [0.25, 0.3) is 5.91 Å². The summed E-state index contributed by atoms with van der Waals surface area (Å²) in [6.45, 7) is 4.40. The van der Waals surface area contributed by atoms with E-state index >= 15 is 0 Å². The van der Waals surface area contributed by atoms with Crippen LogP contribution in [0.3, 0.4) is 0 Å². The van der Waals surface area contributed by atoms with Gasteiger partial charge in [0.1, 0.15) is 11.3 Å². The molecule has 1 amide bonds. The maximum Gasteiger partial charge on any atom is 0.270 e. The van der Waals surface area contributed by atoms with Gasteiger partial charge in [0.05, 0.1) is 11.4 Å². The zero-order valence-corrected chi connectivity index (χ0v) is 14.8. The number of carbonyl (C=O) groups is 1. The first-order valence-corrected chi connectivity index (χ1v) is 8.64. The molecule has 4 aromatic rings. The van der Waals surface area contributed by atoms with Crippen molar-refractivity contribution in [3.8, 4) is 0 Å². The van der Waals surface area contributed by atoms with Gasteiger partial charge in [-0.3, -0.25) is 9.20 Å². The Morgan fingerprint density at radius 2 is 2.12 bits per heavy atom. The number of rotatable bonds is 5. The van der Waals surface area contributed by atoms with Crippen molar-refractivity contribution in [2.45, 2.75) is 26.7 Å². The Morgan fingerprint density at radius 3 is 3.00 bits per heavy atom. The highest BCUT2D eigenvalue weighted by molar-refractivity contribution is 5.94. The minimum atomic E-state index is -0.0996. The van der Waals surface area contributed by atoms with Gasteiger partial charge in [0, 0.05) is 31.2 Å². The summed E-state index contributed by atoms with van der Waals surface area (Å²) in [5.41, 5.74) is 5.01. The van der Waals surface area contributed by atoms with Crippen LogP contribution >= 0.6 is 0 Å². The minimum Gasteiger partial charge on any atom is -0.351 e. The molecule has 1 N–H and O–H groups in total. The third-order valence-corrected chi connectivity index (χ3v) is 4.34. The molecule has 0 radical (unpaired) electrons. The Kier molecular flexibility index (Phi) is 4.12. The number of carbonyl (C=O) groups excluding carboxylic acids is 1. The quantitative estimate of drug-likeness (QED) is 0.562. The third-order valence-electron chi connectivity index (χ3n) is 4.34. The van der Waals surface area contributed by atoms with E-state index in [1.807, 2.05) is 61.1 Å². The highest BCUT2D eigenvalue weighted by Gasteiger charge is 2.15. The first-order chi connectivity index (χ1) is 12.6. The molecule has 7 nitrogen and oxygen atoms in total. The maximum atomic E-state index is 12.5. The van der Waals surface area contributed by atoms with Crippen LogP contribution in [0.1, 0.15) is 33.9 Å². The average molecular weight is 348 g/mol. The molecule has 0 aromatic carbocycles. The van der Waals surface area contributed by atoms with Crippen LogP contribution in [-0.2, 0) is 6.42 Å². The van der Waals surface area contributed by atoms with Crippen LogP contribution in [0.15, 0.2) is 42.9 Å². The lowest BCUT2D eigenvalue weighted by atomic mass is 10.2. The van der Waals surface area contributed by atoms with E-state index in [1.54, 1.807) is 4.52 Å². The molecule has 0 atom stereocenters. The van der Waals surface area contributed by atoms with Gasteiger partial charge in [-0.25, -0.2) is 14.5 Å². The summed E-state index contributed by atoms with van der Waals surface area (Å²) in [5, 5.41) is 7.36. The average Bonchev–Trinajstić information content (AvgIpc) is 3.15. The molecule has 26 heavy (non-hydrogen) atoms. The normalized spacial score (nSPS) is 11.3. The van der Waals surface area contributed by atoms with E-state index in [2.05, 4.69) is 20.4 Å². The SMILES string of the molecule is Cc1cc2ncc(CCCNC(=O)c3c(C)nc4ccccn34)cn2n1. The van der Waals surface area contributed by atoms with E-state index < -0.39 is 0 Å². The lowest BCUT2D eigenvalue weighted by molar-refractivity contribution is 0.0946. The Bertz CT molecular complexity index is 1090. The summed E-state index contributed by atoms with van der Waals surface area (Å²) in [7, 11) is 0. The number of fused-ring (bicyclic) bond motifs is 2. The number of hydrogen-bond donors (Lipinski definition) is 1. The second-order valence-electron chi connectivity index (χ2n) is 6.38. The molecule has 0 bridgehead atoms. The predicted molar refractivity (Wildman–Crippen MR) is 98.3 cm³/mol. The zero-order chi connectivity index (χ0) is 18.1. The number of nitrogens with one attached hydrogen (secondary N) is 1. The Labute approximate surface area is 150 Å². The van der Waals surface area contributed by atoms with Crippen LogP contribution < -0.4 is 5.32 Å². The number of nitrogens with zero attached hydrogens (tertiary/aromatic N) is 5. The molecule has 0 aliphatic heterocycles. The Hall–Kier alpha value is -3.22. The molecular weight excluding hydrogens is 328 g/mol. The molecule has 0 aliphatic carbocycles. The Balaban J connectivity index is 1.37. The molecule has 0 fully saturated rings. The smallest absolute Gasteiger partial charge is 0.270 e. The maximum absolute atomic E-state index is 12.5. The topological polar surface area (TPSA) is 76.6 Å². The van der Waals surface area contributed by atoms with Gasteiger partial charge in [-0.1, -0.05) is 6.07 Å². The summed E-state index contributed by atoms with van der Waals surface area (Å²) >= 11 is 0. The molecular formula is C19H20N6O. The third kappa shape index (κ3) is 3.03. The van der Waals surface area contributed by atoms with Crippen molar-refractivity contribution >= 4 is 17.2 Å². The number of aromatic nitrogens is 5. The van der Waals surface area contributed by atoms with E-state index in [9.17, 15) is 4.79 Å². The Morgan fingerprint density at radius 1 is 1.23 bits per heavy atom. The molecule has 0 spiro atoms. The number of imidazole rings is 1. The van der Waals surface area contributed by atoms with Crippen molar-refractivity contribution in [1.82, 2.24) is 29.3 Å². The van der Waals surface area contributed by atoms with Crippen LogP contribution in [-0.4, -0.2) is 36.4 Å². The molecule has 132 valence electrons. The standard InChI is InChI=1S/C19H20N6O/c1-13-10-17-21-11-15(12-25(17)23-13)6-5-8-20-19(26)18-14(2)22-16-7-3-4-9-24(16)18/h3-4,7,9-12H,5-6,8H2,1-2H3,(H,20,26). The number of hydrogen-bond acceptors (Lipinski definition) is 4. The molecule has 0 unspecified atom stereocenters. The van der Waals surface area contributed by atoms with Gasteiger partial charge in [-0.15, -0.1) is 0 Å². The van der Waals surface area contributed by atoms with Crippen molar-refractivity contribution < 1.29 is 4.79 Å². The van der Waals surface area contributed by atoms with E-state index in [-0.39, 0.29) is 5.91 Å². The second kappa shape index (κ2) is 6.59. The van der Waals surface area contributed by atoms with Gasteiger partial charge in [-0.05, 0) is 44.4 Å². The van der Waals surface area contributed by atoms with Crippen molar-refractivity contribution in [3.63, 3.8) is 0 Å². The molecule has 0 aliphatic rings. The van der Waals surface area contributed by atoms with Gasteiger partial charge in [-0.2, -0.15) is 5.10 Å². The van der Waals surface area contributed by atoms with Crippen LogP contribution in [0.2, 0.25) is 0 Å². The highest BCUT2D eigenvalue weighted by Crippen LogP contribution is 2.11. The fourth-order valence-corrected chi connectivity index (χ4v) is 3.13.